The zero-order valence-corrected chi connectivity index (χ0v) is 11.4. The van der Waals surface area contributed by atoms with Crippen LogP contribution in [0.1, 0.15) is 26.7 Å². The molecule has 4 N–H and O–H groups in total. The van der Waals surface area contributed by atoms with Crippen molar-refractivity contribution in [2.24, 2.45) is 16.3 Å². The second-order valence-electron chi connectivity index (χ2n) is 4.11. The van der Waals surface area contributed by atoms with Crippen molar-refractivity contribution < 1.29 is 14.8 Å². The Morgan fingerprint density at radius 2 is 1.89 bits per heavy atom. The monoisotopic (exact) mass is 258 g/mol. The summed E-state index contributed by atoms with van der Waals surface area (Å²) in [6.45, 7) is 3.51. The number of likely N-dealkylation sites (N-methyl/N-ethyl adjacent to an activating group) is 2. The van der Waals surface area contributed by atoms with Crippen LogP contribution < -0.4 is 11.1 Å². The van der Waals surface area contributed by atoms with Gasteiger partial charge < -0.3 is 21.2 Å². The van der Waals surface area contributed by atoms with Gasteiger partial charge in [-0.2, -0.15) is 0 Å². The predicted octanol–water partition coefficient (Wildman–Crippen LogP) is -0.256. The van der Waals surface area contributed by atoms with Gasteiger partial charge in [-0.3, -0.25) is 9.59 Å². The maximum Gasteiger partial charge on any atom is 0.239 e. The molecule has 0 spiro atoms. The van der Waals surface area contributed by atoms with E-state index in [2.05, 4.69) is 10.5 Å². The number of amides is 2. The molecule has 2 amide bonds. The minimum atomic E-state index is -1.06. The Labute approximate surface area is 107 Å². The first-order chi connectivity index (χ1) is 8.39. The van der Waals surface area contributed by atoms with Crippen molar-refractivity contribution in [2.45, 2.75) is 26.7 Å². The largest absolute Gasteiger partial charge is 0.409 e. The molecule has 0 aromatic heterocycles. The third kappa shape index (κ3) is 3.12. The van der Waals surface area contributed by atoms with Crippen LogP contribution >= 0.6 is 0 Å². The van der Waals surface area contributed by atoms with E-state index in [4.69, 9.17) is 10.9 Å². The number of hydrogen-bond acceptors (Lipinski definition) is 4. The van der Waals surface area contributed by atoms with E-state index in [1.54, 1.807) is 13.8 Å². The summed E-state index contributed by atoms with van der Waals surface area (Å²) in [4.78, 5) is 24.9. The zero-order chi connectivity index (χ0) is 14.3. The summed E-state index contributed by atoms with van der Waals surface area (Å²) in [6, 6.07) is 0. The van der Waals surface area contributed by atoms with E-state index in [9.17, 15) is 9.59 Å². The number of nitrogens with one attached hydrogen (secondary N) is 1. The van der Waals surface area contributed by atoms with Crippen molar-refractivity contribution in [3.8, 4) is 0 Å². The second kappa shape index (κ2) is 6.83. The lowest BCUT2D eigenvalue weighted by Crippen LogP contribution is -2.51. The summed E-state index contributed by atoms with van der Waals surface area (Å²) < 4.78 is 0. The first-order valence-corrected chi connectivity index (χ1v) is 5.83. The molecule has 0 saturated carbocycles. The van der Waals surface area contributed by atoms with Crippen LogP contribution in [0.25, 0.3) is 0 Å². The minimum Gasteiger partial charge on any atom is -0.409 e. The predicted molar refractivity (Wildman–Crippen MR) is 68.1 cm³/mol. The van der Waals surface area contributed by atoms with Crippen LogP contribution in [0.5, 0.6) is 0 Å². The van der Waals surface area contributed by atoms with Gasteiger partial charge in [0.1, 0.15) is 5.41 Å². The first kappa shape index (κ1) is 16.2. The molecule has 18 heavy (non-hydrogen) atoms. The Bertz CT molecular complexity index is 337. The van der Waals surface area contributed by atoms with Crippen LogP contribution in [0, 0.1) is 5.41 Å². The van der Waals surface area contributed by atoms with Gasteiger partial charge in [-0.15, -0.1) is 0 Å². The Morgan fingerprint density at radius 3 is 2.22 bits per heavy atom. The maximum absolute atomic E-state index is 12.4. The quantitative estimate of drug-likeness (QED) is 0.264. The smallest absolute Gasteiger partial charge is 0.239 e. The number of carbonyl (C=O) groups is 2. The molecule has 0 atom stereocenters. The summed E-state index contributed by atoms with van der Waals surface area (Å²) >= 11 is 0. The van der Waals surface area contributed by atoms with Crippen molar-refractivity contribution >= 4 is 17.6 Å². The molecule has 0 unspecified atom stereocenters. The van der Waals surface area contributed by atoms with Gasteiger partial charge in [0.2, 0.25) is 11.8 Å². The Hall–Kier alpha value is -1.79. The topological polar surface area (TPSA) is 108 Å². The molecule has 7 heteroatoms. The van der Waals surface area contributed by atoms with Crippen LogP contribution in [-0.2, 0) is 9.59 Å². The molecule has 0 radical (unpaired) electrons. The van der Waals surface area contributed by atoms with Crippen molar-refractivity contribution in [3.63, 3.8) is 0 Å². The highest BCUT2D eigenvalue weighted by atomic mass is 16.4. The van der Waals surface area contributed by atoms with E-state index < -0.39 is 5.41 Å². The molecule has 0 aliphatic carbocycles. The van der Waals surface area contributed by atoms with Crippen molar-refractivity contribution in [1.82, 2.24) is 10.2 Å². The molecular weight excluding hydrogens is 236 g/mol. The van der Waals surface area contributed by atoms with Crippen LogP contribution in [0.3, 0.4) is 0 Å². The SMILES string of the molecule is CCC(CC)(C(=O)N(C)CC(=O)NC)C(N)=NO. The number of carbonyl (C=O) groups excluding carboxylic acids is 2. The first-order valence-electron chi connectivity index (χ1n) is 5.83. The molecule has 7 nitrogen and oxygen atoms in total. The van der Waals surface area contributed by atoms with E-state index >= 15 is 0 Å². The van der Waals surface area contributed by atoms with Gasteiger partial charge in [-0.05, 0) is 12.8 Å². The number of oxime groups is 1. The highest BCUT2D eigenvalue weighted by Crippen LogP contribution is 2.29. The molecule has 0 fully saturated rings. The third-order valence-electron chi connectivity index (χ3n) is 3.22. The Kier molecular flexibility index (Phi) is 6.15. The normalized spacial score (nSPS) is 12.1. The van der Waals surface area contributed by atoms with E-state index in [0.29, 0.717) is 12.8 Å². The van der Waals surface area contributed by atoms with Crippen LogP contribution in [0.4, 0.5) is 0 Å². The third-order valence-corrected chi connectivity index (χ3v) is 3.22. The van der Waals surface area contributed by atoms with Crippen LogP contribution in [0.2, 0.25) is 0 Å². The lowest BCUT2D eigenvalue weighted by Gasteiger charge is -2.32. The molecule has 0 rings (SSSR count). The summed E-state index contributed by atoms with van der Waals surface area (Å²) in [5, 5.41) is 14.2. The van der Waals surface area contributed by atoms with Crippen LogP contribution in [-0.4, -0.2) is 48.4 Å². The molecule has 0 bridgehead atoms. The maximum atomic E-state index is 12.4. The molecule has 0 aromatic rings. The lowest BCUT2D eigenvalue weighted by molar-refractivity contribution is -0.140. The molecule has 0 aromatic carbocycles. The fourth-order valence-corrected chi connectivity index (χ4v) is 1.85. The van der Waals surface area contributed by atoms with Crippen molar-refractivity contribution in [3.05, 3.63) is 0 Å². The molecule has 104 valence electrons. The fourth-order valence-electron chi connectivity index (χ4n) is 1.85. The Morgan fingerprint density at radius 1 is 1.39 bits per heavy atom. The van der Waals surface area contributed by atoms with Crippen molar-refractivity contribution in [2.75, 3.05) is 20.6 Å². The molecule has 0 aliphatic rings. The summed E-state index contributed by atoms with van der Waals surface area (Å²) in [5.41, 5.74) is 4.57. The number of nitrogens with two attached hydrogens (primary N) is 1. The highest BCUT2D eigenvalue weighted by molar-refractivity contribution is 6.07. The Balaban J connectivity index is 5.15. The number of rotatable bonds is 6. The van der Waals surface area contributed by atoms with Crippen molar-refractivity contribution in [1.29, 1.82) is 0 Å². The van der Waals surface area contributed by atoms with E-state index in [1.165, 1.54) is 19.0 Å². The van der Waals surface area contributed by atoms with Gasteiger partial charge in [-0.25, -0.2) is 0 Å². The molecule has 0 aliphatic heterocycles. The van der Waals surface area contributed by atoms with E-state index in [-0.39, 0.29) is 24.2 Å². The van der Waals surface area contributed by atoms with Gasteiger partial charge in [0.05, 0.1) is 6.54 Å². The van der Waals surface area contributed by atoms with Crippen LogP contribution in [0.15, 0.2) is 5.16 Å². The number of hydrogen-bond donors (Lipinski definition) is 3. The van der Waals surface area contributed by atoms with Gasteiger partial charge in [0.25, 0.3) is 0 Å². The van der Waals surface area contributed by atoms with E-state index in [0.717, 1.165) is 0 Å². The summed E-state index contributed by atoms with van der Waals surface area (Å²) in [7, 11) is 3.01. The zero-order valence-electron chi connectivity index (χ0n) is 11.4. The van der Waals surface area contributed by atoms with Gasteiger partial charge in [0.15, 0.2) is 5.84 Å². The average molecular weight is 258 g/mol. The molecule has 0 heterocycles. The van der Waals surface area contributed by atoms with Gasteiger partial charge >= 0.3 is 0 Å². The average Bonchev–Trinajstić information content (AvgIpc) is 2.39. The highest BCUT2D eigenvalue weighted by Gasteiger charge is 2.41. The summed E-state index contributed by atoms with van der Waals surface area (Å²) in [5.74, 6) is -0.723. The number of nitrogens with zero attached hydrogens (tertiary/aromatic N) is 2. The minimum absolute atomic E-state index is 0.0597. The second-order valence-corrected chi connectivity index (χ2v) is 4.11. The van der Waals surface area contributed by atoms with Gasteiger partial charge in [-0.1, -0.05) is 19.0 Å². The van der Waals surface area contributed by atoms with E-state index in [1.807, 2.05) is 0 Å². The molecule has 0 saturated heterocycles. The standard InChI is InChI=1S/C11H22N4O3/c1-5-11(6-2,9(12)14-18)10(17)15(4)7-8(16)13-3/h18H,5-7H2,1-4H3,(H2,12,14)(H,13,16). The summed E-state index contributed by atoms with van der Waals surface area (Å²) in [6.07, 6.45) is 0.798. The van der Waals surface area contributed by atoms with Gasteiger partial charge in [0, 0.05) is 14.1 Å². The fraction of sp³-hybridized carbons (Fsp3) is 0.727. The molecular formula is C11H22N4O3. The number of amidine groups is 1. The lowest BCUT2D eigenvalue weighted by atomic mass is 9.79.